The highest BCUT2D eigenvalue weighted by Crippen LogP contribution is 2.25. The lowest BCUT2D eigenvalue weighted by Crippen LogP contribution is -2.55. The predicted molar refractivity (Wildman–Crippen MR) is 91.8 cm³/mol. The molecule has 2 aliphatic rings. The summed E-state index contributed by atoms with van der Waals surface area (Å²) in [6, 6.07) is 0. The van der Waals surface area contributed by atoms with Crippen molar-refractivity contribution < 1.29 is 9.59 Å². The van der Waals surface area contributed by atoms with Gasteiger partial charge in [-0.15, -0.1) is 0 Å². The number of hydrogen-bond acceptors (Lipinski definition) is 3. The minimum atomic E-state index is -0.769. The van der Waals surface area contributed by atoms with Crippen LogP contribution in [0.25, 0.3) is 0 Å². The molecule has 0 aliphatic carbocycles. The topological polar surface area (TPSA) is 66.6 Å². The van der Waals surface area contributed by atoms with Crippen LogP contribution in [0, 0.1) is 11.8 Å². The molecule has 0 aromatic rings. The van der Waals surface area contributed by atoms with E-state index in [0.29, 0.717) is 25.4 Å². The number of piperidine rings is 2. The van der Waals surface area contributed by atoms with Crippen LogP contribution < -0.4 is 5.73 Å². The number of carbonyl (C=O) groups excluding carboxylic acids is 2. The van der Waals surface area contributed by atoms with Gasteiger partial charge in [0.2, 0.25) is 11.8 Å². The third kappa shape index (κ3) is 4.46. The minimum absolute atomic E-state index is 0.0389. The minimum Gasteiger partial charge on any atom is -0.342 e. The van der Waals surface area contributed by atoms with Gasteiger partial charge < -0.3 is 15.5 Å². The van der Waals surface area contributed by atoms with Crippen LogP contribution in [0.5, 0.6) is 0 Å². The highest BCUT2D eigenvalue weighted by Gasteiger charge is 2.36. The predicted octanol–water partition coefficient (Wildman–Crippen LogP) is 2.00. The van der Waals surface area contributed by atoms with E-state index in [2.05, 4.69) is 6.92 Å². The first-order chi connectivity index (χ1) is 10.8. The Bertz CT molecular complexity index is 420. The third-order valence-corrected chi connectivity index (χ3v) is 5.48. The van der Waals surface area contributed by atoms with Crippen LogP contribution >= 0.6 is 0 Å². The zero-order chi connectivity index (χ0) is 17.0. The maximum atomic E-state index is 12.6. The Kier molecular flexibility index (Phi) is 6.06. The molecule has 2 saturated heterocycles. The molecule has 2 amide bonds. The highest BCUT2D eigenvalue weighted by molar-refractivity contribution is 5.86. The molecule has 0 radical (unpaired) electrons. The van der Waals surface area contributed by atoms with E-state index >= 15 is 0 Å². The number of nitrogens with two attached hydrogens (primary N) is 1. The molecule has 23 heavy (non-hydrogen) atoms. The second kappa shape index (κ2) is 7.65. The van der Waals surface area contributed by atoms with E-state index < -0.39 is 5.54 Å². The van der Waals surface area contributed by atoms with Gasteiger partial charge in [-0.05, 0) is 44.9 Å². The fourth-order valence-corrected chi connectivity index (χ4v) is 3.80. The maximum Gasteiger partial charge on any atom is 0.242 e. The highest BCUT2D eigenvalue weighted by atomic mass is 16.2. The van der Waals surface area contributed by atoms with Crippen molar-refractivity contribution in [1.29, 1.82) is 0 Å². The van der Waals surface area contributed by atoms with E-state index in [1.54, 1.807) is 0 Å². The maximum absolute atomic E-state index is 12.6. The zero-order valence-electron chi connectivity index (χ0n) is 15.0. The zero-order valence-corrected chi connectivity index (χ0v) is 15.0. The first-order valence-electron chi connectivity index (χ1n) is 9.22. The van der Waals surface area contributed by atoms with Gasteiger partial charge in [-0.1, -0.05) is 20.3 Å². The van der Waals surface area contributed by atoms with Gasteiger partial charge in [-0.2, -0.15) is 0 Å². The molecule has 2 fully saturated rings. The molecule has 5 heteroatoms. The summed E-state index contributed by atoms with van der Waals surface area (Å²) < 4.78 is 0. The molecule has 1 atom stereocenters. The monoisotopic (exact) mass is 323 g/mol. The summed E-state index contributed by atoms with van der Waals surface area (Å²) >= 11 is 0. The summed E-state index contributed by atoms with van der Waals surface area (Å²) in [5, 5.41) is 0. The van der Waals surface area contributed by atoms with Crippen molar-refractivity contribution in [2.45, 2.75) is 64.8 Å². The summed E-state index contributed by atoms with van der Waals surface area (Å²) in [5.74, 6) is 1.16. The van der Waals surface area contributed by atoms with Crippen LogP contribution in [-0.2, 0) is 9.59 Å². The van der Waals surface area contributed by atoms with Gasteiger partial charge in [0.05, 0.1) is 5.54 Å². The number of nitrogens with zero attached hydrogens (tertiary/aromatic N) is 2. The van der Waals surface area contributed by atoms with Crippen LogP contribution in [0.2, 0.25) is 0 Å². The molecule has 0 bridgehead atoms. The Morgan fingerprint density at radius 3 is 2.09 bits per heavy atom. The molecular formula is C18H33N3O2. The van der Waals surface area contributed by atoms with E-state index in [1.165, 1.54) is 0 Å². The average Bonchev–Trinajstić information content (AvgIpc) is 2.54. The average molecular weight is 323 g/mol. The van der Waals surface area contributed by atoms with Crippen molar-refractivity contribution in [3.8, 4) is 0 Å². The lowest BCUT2D eigenvalue weighted by Gasteiger charge is -2.39. The van der Waals surface area contributed by atoms with Crippen LogP contribution in [0.4, 0.5) is 0 Å². The van der Waals surface area contributed by atoms with Gasteiger partial charge in [-0.25, -0.2) is 0 Å². The summed E-state index contributed by atoms with van der Waals surface area (Å²) in [4.78, 5) is 29.1. The van der Waals surface area contributed by atoms with E-state index in [4.69, 9.17) is 5.73 Å². The van der Waals surface area contributed by atoms with Gasteiger partial charge >= 0.3 is 0 Å². The fourth-order valence-electron chi connectivity index (χ4n) is 3.80. The lowest BCUT2D eigenvalue weighted by molar-refractivity contribution is -0.143. The second-order valence-corrected chi connectivity index (χ2v) is 7.74. The summed E-state index contributed by atoms with van der Waals surface area (Å²) in [6.07, 6.45) is 5.40. The lowest BCUT2D eigenvalue weighted by atomic mass is 9.90. The third-order valence-electron chi connectivity index (χ3n) is 5.48. The summed E-state index contributed by atoms with van der Waals surface area (Å²) in [7, 11) is 0. The first-order valence-corrected chi connectivity index (χ1v) is 9.22. The second-order valence-electron chi connectivity index (χ2n) is 7.74. The van der Waals surface area contributed by atoms with E-state index in [9.17, 15) is 9.59 Å². The molecule has 0 aromatic carbocycles. The SMILES string of the molecule is CCCC(C)(N)C(=O)N1CCC(C(=O)N2CCC(C)CC2)CC1. The molecular weight excluding hydrogens is 290 g/mol. The molecule has 2 aliphatic heterocycles. The van der Waals surface area contributed by atoms with Crippen LogP contribution in [-0.4, -0.2) is 53.3 Å². The molecule has 2 heterocycles. The molecule has 1 unspecified atom stereocenters. The molecule has 5 nitrogen and oxygen atoms in total. The van der Waals surface area contributed by atoms with Gasteiger partial charge in [0.15, 0.2) is 0 Å². The number of amides is 2. The van der Waals surface area contributed by atoms with Crippen molar-refractivity contribution in [2.24, 2.45) is 17.6 Å². The Balaban J connectivity index is 1.84. The molecule has 2 N–H and O–H groups in total. The van der Waals surface area contributed by atoms with E-state index in [-0.39, 0.29) is 11.8 Å². The Labute approximate surface area is 140 Å². The van der Waals surface area contributed by atoms with Gasteiger partial charge in [0.25, 0.3) is 0 Å². The van der Waals surface area contributed by atoms with Crippen molar-refractivity contribution in [1.82, 2.24) is 9.80 Å². The Morgan fingerprint density at radius 2 is 1.57 bits per heavy atom. The number of hydrogen-bond donors (Lipinski definition) is 1. The standard InChI is InChI=1S/C18H33N3O2/c1-4-9-18(3,19)17(23)21-12-7-15(8-13-21)16(22)20-10-5-14(2)6-11-20/h14-15H,4-13,19H2,1-3H3. The number of rotatable bonds is 4. The van der Waals surface area contributed by atoms with Gasteiger partial charge in [-0.3, -0.25) is 9.59 Å². The fraction of sp³-hybridized carbons (Fsp3) is 0.889. The van der Waals surface area contributed by atoms with E-state index in [0.717, 1.165) is 51.1 Å². The largest absolute Gasteiger partial charge is 0.342 e. The Morgan fingerprint density at radius 1 is 1.04 bits per heavy atom. The molecule has 0 aromatic heterocycles. The van der Waals surface area contributed by atoms with Gasteiger partial charge in [0, 0.05) is 32.1 Å². The van der Waals surface area contributed by atoms with Crippen LogP contribution in [0.15, 0.2) is 0 Å². The molecule has 132 valence electrons. The smallest absolute Gasteiger partial charge is 0.242 e. The summed E-state index contributed by atoms with van der Waals surface area (Å²) in [6.45, 7) is 9.25. The van der Waals surface area contributed by atoms with Crippen molar-refractivity contribution >= 4 is 11.8 Å². The molecule has 2 rings (SSSR count). The van der Waals surface area contributed by atoms with E-state index in [1.807, 2.05) is 23.6 Å². The number of likely N-dealkylation sites (tertiary alicyclic amines) is 2. The first kappa shape index (κ1) is 18.2. The van der Waals surface area contributed by atoms with Gasteiger partial charge in [0.1, 0.15) is 0 Å². The normalized spacial score (nSPS) is 23.7. The summed E-state index contributed by atoms with van der Waals surface area (Å²) in [5.41, 5.74) is 5.39. The molecule has 0 saturated carbocycles. The van der Waals surface area contributed by atoms with Crippen LogP contribution in [0.3, 0.4) is 0 Å². The number of carbonyl (C=O) groups is 2. The Hall–Kier alpha value is -1.10. The van der Waals surface area contributed by atoms with Crippen molar-refractivity contribution in [3.05, 3.63) is 0 Å². The van der Waals surface area contributed by atoms with Crippen molar-refractivity contribution in [3.63, 3.8) is 0 Å². The quantitative estimate of drug-likeness (QED) is 0.860. The van der Waals surface area contributed by atoms with Crippen molar-refractivity contribution in [2.75, 3.05) is 26.2 Å². The molecule has 0 spiro atoms. The van der Waals surface area contributed by atoms with Crippen LogP contribution in [0.1, 0.15) is 59.3 Å².